The average molecular weight is 413 g/mol. The van der Waals surface area contributed by atoms with Gasteiger partial charge in [-0.2, -0.15) is 0 Å². The number of ether oxygens (including phenoxy) is 1. The normalized spacial score (nSPS) is 15.0. The van der Waals surface area contributed by atoms with Gasteiger partial charge in [0.1, 0.15) is 10.6 Å². The zero-order valence-electron chi connectivity index (χ0n) is 16.5. The Labute approximate surface area is 172 Å². The molecule has 4 rings (SSSR count). The topological polar surface area (TPSA) is 75.9 Å². The van der Waals surface area contributed by atoms with Gasteiger partial charge in [0.05, 0.1) is 24.3 Å². The molecule has 0 aliphatic carbocycles. The molecule has 1 aromatic carbocycles. The van der Waals surface area contributed by atoms with E-state index in [-0.39, 0.29) is 12.4 Å². The summed E-state index contributed by atoms with van der Waals surface area (Å²) in [7, 11) is 2.12. The molecule has 2 aromatic heterocycles. The fourth-order valence-electron chi connectivity index (χ4n) is 3.38. The lowest BCUT2D eigenvalue weighted by atomic mass is 10.1. The summed E-state index contributed by atoms with van der Waals surface area (Å²) in [5.41, 5.74) is 2.20. The second-order valence-electron chi connectivity index (χ2n) is 7.09. The lowest BCUT2D eigenvalue weighted by Crippen LogP contribution is -2.44. The molecule has 0 N–H and O–H groups in total. The van der Waals surface area contributed by atoms with E-state index in [0.29, 0.717) is 28.5 Å². The Morgan fingerprint density at radius 3 is 2.79 bits per heavy atom. The SMILES string of the molecule is CCOC(=O)Cc1csc(-c2cc3ccc(N4CCN(C)CC4)cc3oc2=O)n1. The van der Waals surface area contributed by atoms with Crippen molar-refractivity contribution in [2.75, 3.05) is 44.7 Å². The zero-order chi connectivity index (χ0) is 20.4. The molecule has 7 nitrogen and oxygen atoms in total. The second-order valence-corrected chi connectivity index (χ2v) is 7.94. The van der Waals surface area contributed by atoms with Crippen LogP contribution in [0.25, 0.3) is 21.5 Å². The van der Waals surface area contributed by atoms with Gasteiger partial charge in [-0.05, 0) is 32.2 Å². The lowest BCUT2D eigenvalue weighted by molar-refractivity contribution is -0.142. The van der Waals surface area contributed by atoms with Crippen molar-refractivity contribution in [2.24, 2.45) is 0 Å². The van der Waals surface area contributed by atoms with Gasteiger partial charge in [-0.3, -0.25) is 4.79 Å². The van der Waals surface area contributed by atoms with Crippen molar-refractivity contribution < 1.29 is 13.9 Å². The molecule has 29 heavy (non-hydrogen) atoms. The van der Waals surface area contributed by atoms with Crippen LogP contribution in [0.4, 0.5) is 5.69 Å². The first-order valence-corrected chi connectivity index (χ1v) is 10.5. The van der Waals surface area contributed by atoms with Crippen LogP contribution in [0, 0.1) is 0 Å². The Kier molecular flexibility index (Phi) is 5.64. The van der Waals surface area contributed by atoms with E-state index in [4.69, 9.17) is 9.15 Å². The van der Waals surface area contributed by atoms with Gasteiger partial charge in [0, 0.05) is 48.7 Å². The average Bonchev–Trinajstić information content (AvgIpc) is 3.16. The number of nitrogens with zero attached hydrogens (tertiary/aromatic N) is 3. The molecule has 8 heteroatoms. The highest BCUT2D eigenvalue weighted by atomic mass is 32.1. The third-order valence-corrected chi connectivity index (χ3v) is 5.93. The van der Waals surface area contributed by atoms with Crippen molar-refractivity contribution in [2.45, 2.75) is 13.3 Å². The van der Waals surface area contributed by atoms with Crippen LogP contribution in [0.1, 0.15) is 12.6 Å². The summed E-state index contributed by atoms with van der Waals surface area (Å²) in [6.07, 6.45) is 0.0949. The van der Waals surface area contributed by atoms with Gasteiger partial charge < -0.3 is 19.0 Å². The predicted molar refractivity (Wildman–Crippen MR) is 114 cm³/mol. The molecular weight excluding hydrogens is 390 g/mol. The Hall–Kier alpha value is -2.71. The molecule has 1 aliphatic heterocycles. The van der Waals surface area contributed by atoms with Gasteiger partial charge >= 0.3 is 11.6 Å². The smallest absolute Gasteiger partial charge is 0.346 e. The molecule has 1 aliphatic rings. The molecule has 1 fully saturated rings. The van der Waals surface area contributed by atoms with Crippen LogP contribution in [-0.2, 0) is 16.0 Å². The number of thiazole rings is 1. The summed E-state index contributed by atoms with van der Waals surface area (Å²) >= 11 is 1.32. The van der Waals surface area contributed by atoms with Crippen LogP contribution < -0.4 is 10.5 Å². The van der Waals surface area contributed by atoms with Crippen LogP contribution >= 0.6 is 11.3 Å². The van der Waals surface area contributed by atoms with Crippen molar-refractivity contribution >= 4 is 34.0 Å². The summed E-state index contributed by atoms with van der Waals surface area (Å²) < 4.78 is 10.6. The molecule has 0 radical (unpaired) electrons. The first-order chi connectivity index (χ1) is 14.0. The maximum absolute atomic E-state index is 12.6. The minimum atomic E-state index is -0.426. The molecule has 0 amide bonds. The molecule has 0 bridgehead atoms. The standard InChI is InChI=1S/C21H23N3O4S/c1-3-27-19(25)11-15-13-29-20(22-15)17-10-14-4-5-16(12-18(14)28-21(17)26)24-8-6-23(2)7-9-24/h4-5,10,12-13H,3,6-9,11H2,1-2H3. The van der Waals surface area contributed by atoms with Crippen molar-refractivity contribution in [3.63, 3.8) is 0 Å². The van der Waals surface area contributed by atoms with Gasteiger partial charge in [-0.1, -0.05) is 0 Å². The molecule has 0 unspecified atom stereocenters. The van der Waals surface area contributed by atoms with Crippen molar-refractivity contribution in [1.29, 1.82) is 0 Å². The fourth-order valence-corrected chi connectivity index (χ4v) is 4.21. The third-order valence-electron chi connectivity index (χ3n) is 5.00. The maximum Gasteiger partial charge on any atom is 0.346 e. The summed E-state index contributed by atoms with van der Waals surface area (Å²) in [4.78, 5) is 33.2. The van der Waals surface area contributed by atoms with Crippen LogP contribution in [0.15, 0.2) is 38.9 Å². The zero-order valence-corrected chi connectivity index (χ0v) is 17.3. The molecule has 0 saturated carbocycles. The summed E-state index contributed by atoms with van der Waals surface area (Å²) in [5, 5.41) is 3.16. The number of hydrogen-bond donors (Lipinski definition) is 0. The van der Waals surface area contributed by atoms with E-state index in [1.807, 2.05) is 18.2 Å². The van der Waals surface area contributed by atoms with Crippen molar-refractivity contribution in [3.05, 3.63) is 45.8 Å². The van der Waals surface area contributed by atoms with Crippen molar-refractivity contribution in [3.8, 4) is 10.6 Å². The predicted octanol–water partition coefficient (Wildman–Crippen LogP) is 2.77. The highest BCUT2D eigenvalue weighted by Gasteiger charge is 2.17. The second kappa shape index (κ2) is 8.34. The van der Waals surface area contributed by atoms with Gasteiger partial charge in [0.25, 0.3) is 0 Å². The Balaban J connectivity index is 1.59. The van der Waals surface area contributed by atoms with E-state index >= 15 is 0 Å². The minimum absolute atomic E-state index is 0.0949. The first kappa shape index (κ1) is 19.6. The monoisotopic (exact) mass is 413 g/mol. The molecule has 0 atom stereocenters. The number of benzene rings is 1. The Morgan fingerprint density at radius 2 is 2.03 bits per heavy atom. The number of likely N-dealkylation sites (N-methyl/N-ethyl adjacent to an activating group) is 1. The first-order valence-electron chi connectivity index (χ1n) is 9.65. The van der Waals surface area contributed by atoms with Gasteiger partial charge in [0.15, 0.2) is 0 Å². The number of carbonyl (C=O) groups is 1. The number of rotatable bonds is 5. The van der Waals surface area contributed by atoms with E-state index < -0.39 is 5.63 Å². The Morgan fingerprint density at radius 1 is 1.24 bits per heavy atom. The summed E-state index contributed by atoms with van der Waals surface area (Å²) in [6, 6.07) is 7.77. The number of esters is 1. The molecule has 0 spiro atoms. The van der Waals surface area contributed by atoms with Crippen LogP contribution in [-0.4, -0.2) is 55.7 Å². The highest BCUT2D eigenvalue weighted by molar-refractivity contribution is 7.13. The van der Waals surface area contributed by atoms with E-state index in [1.165, 1.54) is 11.3 Å². The largest absolute Gasteiger partial charge is 0.466 e. The number of fused-ring (bicyclic) bond motifs is 1. The van der Waals surface area contributed by atoms with E-state index in [2.05, 4.69) is 27.9 Å². The number of piperazine rings is 1. The summed E-state index contributed by atoms with van der Waals surface area (Å²) in [5.74, 6) is -0.327. The van der Waals surface area contributed by atoms with Gasteiger partial charge in [-0.15, -0.1) is 11.3 Å². The number of hydrogen-bond acceptors (Lipinski definition) is 8. The quantitative estimate of drug-likeness (QED) is 0.470. The highest BCUT2D eigenvalue weighted by Crippen LogP contribution is 2.27. The Bertz CT molecular complexity index is 1080. The third kappa shape index (κ3) is 4.33. The molecule has 152 valence electrons. The number of carbonyl (C=O) groups excluding carboxylic acids is 1. The van der Waals surface area contributed by atoms with E-state index in [9.17, 15) is 9.59 Å². The molecule has 1 saturated heterocycles. The number of anilines is 1. The van der Waals surface area contributed by atoms with Gasteiger partial charge in [0.2, 0.25) is 0 Å². The van der Waals surface area contributed by atoms with Crippen LogP contribution in [0.5, 0.6) is 0 Å². The fraction of sp³-hybridized carbons (Fsp3) is 0.381. The van der Waals surface area contributed by atoms with Crippen molar-refractivity contribution in [1.82, 2.24) is 9.88 Å². The summed E-state index contributed by atoms with van der Waals surface area (Å²) in [6.45, 7) is 6.03. The van der Waals surface area contributed by atoms with Gasteiger partial charge in [-0.25, -0.2) is 9.78 Å². The van der Waals surface area contributed by atoms with E-state index in [0.717, 1.165) is 37.3 Å². The maximum atomic E-state index is 12.6. The minimum Gasteiger partial charge on any atom is -0.466 e. The molecular formula is C21H23N3O4S. The van der Waals surface area contributed by atoms with E-state index in [1.54, 1.807) is 12.3 Å². The number of aromatic nitrogens is 1. The van der Waals surface area contributed by atoms with Crippen LogP contribution in [0.3, 0.4) is 0 Å². The lowest BCUT2D eigenvalue weighted by Gasteiger charge is -2.34. The molecule has 3 aromatic rings. The molecule has 3 heterocycles. The van der Waals surface area contributed by atoms with Crippen LogP contribution in [0.2, 0.25) is 0 Å².